The second-order valence-corrected chi connectivity index (χ2v) is 6.78. The Hall–Kier alpha value is -1.41. The summed E-state index contributed by atoms with van der Waals surface area (Å²) in [4.78, 5) is 0.900. The minimum Gasteiger partial charge on any atom is -0.496 e. The fourth-order valence-electron chi connectivity index (χ4n) is 1.82. The topological polar surface area (TPSA) is 81.4 Å². The second-order valence-electron chi connectivity index (χ2n) is 4.05. The van der Waals surface area contributed by atoms with Gasteiger partial charge < -0.3 is 10.5 Å². The minimum absolute atomic E-state index is 0.173. The van der Waals surface area contributed by atoms with Crippen LogP contribution in [0, 0.1) is 0 Å². The molecule has 2 aromatic rings. The van der Waals surface area contributed by atoms with Crippen LogP contribution in [0.3, 0.4) is 0 Å². The summed E-state index contributed by atoms with van der Waals surface area (Å²) in [6, 6.07) is 8.85. The zero-order valence-electron chi connectivity index (χ0n) is 11.0. The van der Waals surface area contributed by atoms with E-state index in [4.69, 9.17) is 10.5 Å². The fraction of sp³-hybridized carbons (Fsp3) is 0.231. The Kier molecular flexibility index (Phi) is 4.77. The van der Waals surface area contributed by atoms with Crippen molar-refractivity contribution in [3.8, 4) is 5.75 Å². The van der Waals surface area contributed by atoms with Crippen LogP contribution >= 0.6 is 11.3 Å². The molecule has 7 heteroatoms. The zero-order chi connectivity index (χ0) is 14.6. The molecule has 0 bridgehead atoms. The van der Waals surface area contributed by atoms with Crippen LogP contribution in [0.5, 0.6) is 5.75 Å². The third-order valence-electron chi connectivity index (χ3n) is 2.82. The average molecular weight is 312 g/mol. The molecule has 3 N–H and O–H groups in total. The van der Waals surface area contributed by atoms with Crippen molar-refractivity contribution >= 4 is 21.4 Å². The molecule has 0 amide bonds. The van der Waals surface area contributed by atoms with Crippen LogP contribution in [-0.4, -0.2) is 15.5 Å². The molecule has 0 unspecified atom stereocenters. The number of rotatable bonds is 6. The predicted molar refractivity (Wildman–Crippen MR) is 79.2 cm³/mol. The van der Waals surface area contributed by atoms with Crippen LogP contribution in [0.15, 0.2) is 40.6 Å². The molecule has 0 spiro atoms. The first kappa shape index (κ1) is 15.0. The summed E-state index contributed by atoms with van der Waals surface area (Å²) in [5, 5.41) is 1.72. The van der Waals surface area contributed by atoms with Crippen molar-refractivity contribution in [3.63, 3.8) is 0 Å². The molecular weight excluding hydrogens is 296 g/mol. The van der Waals surface area contributed by atoms with Crippen LogP contribution in [0.2, 0.25) is 0 Å². The molecule has 108 valence electrons. The lowest BCUT2D eigenvalue weighted by Crippen LogP contribution is -2.24. The van der Waals surface area contributed by atoms with Crippen molar-refractivity contribution in [1.29, 1.82) is 0 Å². The Morgan fingerprint density at radius 2 is 2.05 bits per heavy atom. The van der Waals surface area contributed by atoms with Gasteiger partial charge in [-0.15, -0.1) is 11.3 Å². The van der Waals surface area contributed by atoms with Gasteiger partial charge in [0.25, 0.3) is 0 Å². The molecule has 0 atom stereocenters. The lowest BCUT2D eigenvalue weighted by molar-refractivity contribution is 0.409. The minimum atomic E-state index is -3.56. The maximum absolute atomic E-state index is 12.2. The number of benzene rings is 1. The number of nitrogens with two attached hydrogens (primary N) is 1. The Labute approximate surface area is 122 Å². The van der Waals surface area contributed by atoms with E-state index in [0.29, 0.717) is 10.6 Å². The predicted octanol–water partition coefficient (Wildman–Crippen LogP) is 1.69. The van der Waals surface area contributed by atoms with Crippen molar-refractivity contribution in [1.82, 2.24) is 4.72 Å². The van der Waals surface area contributed by atoms with E-state index in [1.54, 1.807) is 24.6 Å². The van der Waals surface area contributed by atoms with Gasteiger partial charge in [0.2, 0.25) is 10.0 Å². The Balaban J connectivity index is 2.18. The Bertz CT molecular complexity index is 680. The van der Waals surface area contributed by atoms with Gasteiger partial charge in [-0.05, 0) is 17.5 Å². The summed E-state index contributed by atoms with van der Waals surface area (Å²) < 4.78 is 32.3. The van der Waals surface area contributed by atoms with Gasteiger partial charge in [-0.3, -0.25) is 0 Å². The molecule has 20 heavy (non-hydrogen) atoms. The van der Waals surface area contributed by atoms with E-state index in [1.165, 1.54) is 11.3 Å². The highest BCUT2D eigenvalue weighted by Gasteiger charge is 2.19. The Morgan fingerprint density at radius 3 is 2.75 bits per heavy atom. The molecule has 1 aromatic heterocycles. The molecule has 1 aromatic carbocycles. The maximum Gasteiger partial charge on any atom is 0.242 e. The highest BCUT2D eigenvalue weighted by Crippen LogP contribution is 2.22. The second kappa shape index (κ2) is 6.36. The van der Waals surface area contributed by atoms with Crippen molar-refractivity contribution < 1.29 is 13.2 Å². The van der Waals surface area contributed by atoms with Crippen LogP contribution in [0.25, 0.3) is 0 Å². The van der Waals surface area contributed by atoms with Gasteiger partial charge >= 0.3 is 0 Å². The maximum atomic E-state index is 12.2. The highest BCUT2D eigenvalue weighted by molar-refractivity contribution is 7.89. The number of para-hydroxylation sites is 1. The lowest BCUT2D eigenvalue weighted by Gasteiger charge is -2.10. The molecule has 2 rings (SSSR count). The zero-order valence-corrected chi connectivity index (χ0v) is 12.6. The van der Waals surface area contributed by atoms with Gasteiger partial charge in [-0.2, -0.15) is 0 Å². The number of sulfonamides is 1. The molecule has 0 saturated carbocycles. The summed E-state index contributed by atoms with van der Waals surface area (Å²) in [5.74, 6) is 0.652. The molecular formula is C13H16N2O3S2. The standard InChI is InChI=1S/C13H16N2O3S2/c1-18-11-5-3-2-4-10(11)9-15-20(16,17)13-6-7-19-12(13)8-14/h2-7,15H,8-9,14H2,1H3. The first-order valence-corrected chi connectivity index (χ1v) is 8.32. The van der Waals surface area contributed by atoms with Gasteiger partial charge in [0.05, 0.1) is 12.0 Å². The van der Waals surface area contributed by atoms with E-state index >= 15 is 0 Å². The van der Waals surface area contributed by atoms with Gasteiger partial charge in [0.15, 0.2) is 0 Å². The van der Waals surface area contributed by atoms with Gasteiger partial charge in [-0.1, -0.05) is 18.2 Å². The number of thiophene rings is 1. The number of nitrogens with one attached hydrogen (secondary N) is 1. The van der Waals surface area contributed by atoms with Crippen molar-refractivity contribution in [2.75, 3.05) is 7.11 Å². The normalized spacial score (nSPS) is 11.5. The Morgan fingerprint density at radius 1 is 1.30 bits per heavy atom. The molecule has 0 radical (unpaired) electrons. The smallest absolute Gasteiger partial charge is 0.242 e. The first-order chi connectivity index (χ1) is 9.58. The SMILES string of the molecule is COc1ccccc1CNS(=O)(=O)c1ccsc1CN. The summed E-state index contributed by atoms with van der Waals surface area (Å²) in [5.41, 5.74) is 6.32. The molecule has 0 fully saturated rings. The third-order valence-corrected chi connectivity index (χ3v) is 5.38. The van der Waals surface area contributed by atoms with E-state index in [-0.39, 0.29) is 18.0 Å². The average Bonchev–Trinajstić information content (AvgIpc) is 2.95. The fourth-order valence-corrected chi connectivity index (χ4v) is 4.16. The monoisotopic (exact) mass is 312 g/mol. The quantitative estimate of drug-likeness (QED) is 0.850. The molecule has 0 aliphatic heterocycles. The van der Waals surface area contributed by atoms with E-state index in [2.05, 4.69) is 4.72 Å². The van der Waals surface area contributed by atoms with E-state index in [0.717, 1.165) is 5.56 Å². The molecule has 0 aliphatic carbocycles. The first-order valence-electron chi connectivity index (χ1n) is 5.96. The van der Waals surface area contributed by atoms with Crippen LogP contribution < -0.4 is 15.2 Å². The lowest BCUT2D eigenvalue weighted by atomic mass is 10.2. The summed E-state index contributed by atoms with van der Waals surface area (Å²) >= 11 is 1.34. The molecule has 0 saturated heterocycles. The number of hydrogen-bond donors (Lipinski definition) is 2. The molecule has 1 heterocycles. The summed E-state index contributed by atoms with van der Waals surface area (Å²) in [7, 11) is -2.00. The summed E-state index contributed by atoms with van der Waals surface area (Å²) in [6.45, 7) is 0.384. The highest BCUT2D eigenvalue weighted by atomic mass is 32.2. The third kappa shape index (κ3) is 3.18. The van der Waals surface area contributed by atoms with Crippen molar-refractivity contribution in [2.45, 2.75) is 18.0 Å². The largest absolute Gasteiger partial charge is 0.496 e. The number of hydrogen-bond acceptors (Lipinski definition) is 5. The van der Waals surface area contributed by atoms with Crippen molar-refractivity contribution in [3.05, 3.63) is 46.2 Å². The number of methoxy groups -OCH3 is 1. The van der Waals surface area contributed by atoms with Gasteiger partial charge in [0, 0.05) is 23.5 Å². The van der Waals surface area contributed by atoms with Crippen LogP contribution in [0.1, 0.15) is 10.4 Å². The van der Waals surface area contributed by atoms with E-state index in [1.807, 2.05) is 18.2 Å². The van der Waals surface area contributed by atoms with E-state index in [9.17, 15) is 8.42 Å². The number of ether oxygens (including phenoxy) is 1. The summed E-state index contributed by atoms with van der Waals surface area (Å²) in [6.07, 6.45) is 0. The van der Waals surface area contributed by atoms with Crippen molar-refractivity contribution in [2.24, 2.45) is 5.73 Å². The van der Waals surface area contributed by atoms with Crippen LogP contribution in [0.4, 0.5) is 0 Å². The van der Waals surface area contributed by atoms with E-state index < -0.39 is 10.0 Å². The molecule has 5 nitrogen and oxygen atoms in total. The van der Waals surface area contributed by atoms with Crippen LogP contribution in [-0.2, 0) is 23.1 Å². The molecule has 0 aliphatic rings. The van der Waals surface area contributed by atoms with Gasteiger partial charge in [-0.25, -0.2) is 13.1 Å². The van der Waals surface area contributed by atoms with Gasteiger partial charge in [0.1, 0.15) is 5.75 Å².